The van der Waals surface area contributed by atoms with Crippen LogP contribution in [-0.2, 0) is 17.9 Å². The fourth-order valence-electron chi connectivity index (χ4n) is 3.75. The Balaban J connectivity index is 1.43. The van der Waals surface area contributed by atoms with E-state index >= 15 is 0 Å². The summed E-state index contributed by atoms with van der Waals surface area (Å²) < 4.78 is 24.7. The van der Waals surface area contributed by atoms with Crippen LogP contribution in [0.15, 0.2) is 60.3 Å². The summed E-state index contributed by atoms with van der Waals surface area (Å²) in [6, 6.07) is 13.1. The third-order valence-corrected chi connectivity index (χ3v) is 6.45. The highest BCUT2D eigenvalue weighted by Gasteiger charge is 2.28. The molecule has 0 spiro atoms. The van der Waals surface area contributed by atoms with Gasteiger partial charge >= 0.3 is 0 Å². The first-order valence-corrected chi connectivity index (χ1v) is 12.0. The highest BCUT2D eigenvalue weighted by molar-refractivity contribution is 7.99. The number of carbonyl (C=O) groups is 1. The van der Waals surface area contributed by atoms with Crippen molar-refractivity contribution in [2.45, 2.75) is 24.3 Å². The number of rotatable bonds is 10. The van der Waals surface area contributed by atoms with Gasteiger partial charge in [0, 0.05) is 25.7 Å². The minimum Gasteiger partial charge on any atom is -0.493 e. The maximum atomic E-state index is 12.9. The number of ether oxygens (including phenoxy) is 4. The summed E-state index contributed by atoms with van der Waals surface area (Å²) in [5, 5.41) is 9.28. The number of thioether (sulfide) groups is 1. The van der Waals surface area contributed by atoms with Crippen LogP contribution in [0.5, 0.6) is 23.0 Å². The van der Waals surface area contributed by atoms with Gasteiger partial charge in [-0.3, -0.25) is 9.36 Å². The zero-order chi connectivity index (χ0) is 24.8. The number of methoxy groups -OCH3 is 2. The Labute approximate surface area is 208 Å². The molecule has 184 valence electrons. The van der Waals surface area contributed by atoms with Gasteiger partial charge < -0.3 is 23.8 Å². The third kappa shape index (κ3) is 5.37. The quantitative estimate of drug-likeness (QED) is 0.310. The minimum absolute atomic E-state index is 0.0549. The molecule has 0 aliphatic carbocycles. The summed E-state index contributed by atoms with van der Waals surface area (Å²) in [4.78, 5) is 14.5. The lowest BCUT2D eigenvalue weighted by atomic mass is 10.1. The Bertz CT molecular complexity index is 1200. The third-order valence-electron chi connectivity index (χ3n) is 5.50. The predicted molar refractivity (Wildman–Crippen MR) is 132 cm³/mol. The number of benzene rings is 2. The highest BCUT2D eigenvalue weighted by Crippen LogP contribution is 2.36. The molecule has 0 bridgehead atoms. The molecule has 1 atom stereocenters. The molecule has 0 saturated heterocycles. The van der Waals surface area contributed by atoms with E-state index in [-0.39, 0.29) is 11.7 Å². The topological polar surface area (TPSA) is 87.9 Å². The summed E-state index contributed by atoms with van der Waals surface area (Å²) in [5.74, 6) is 3.38. The van der Waals surface area contributed by atoms with Gasteiger partial charge in [-0.25, -0.2) is 0 Å². The Morgan fingerprint density at radius 2 is 2.00 bits per heavy atom. The van der Waals surface area contributed by atoms with E-state index in [0.29, 0.717) is 53.7 Å². The normalized spacial score (nSPS) is 14.3. The molecule has 0 N–H and O–H groups in total. The first kappa shape index (κ1) is 24.5. The minimum atomic E-state index is -0.411. The molecule has 3 aromatic rings. The maximum absolute atomic E-state index is 12.9. The van der Waals surface area contributed by atoms with E-state index < -0.39 is 6.10 Å². The number of amides is 1. The lowest BCUT2D eigenvalue weighted by molar-refractivity contribution is -0.127. The molecule has 2 aromatic carbocycles. The number of nitrogens with zero attached hydrogens (tertiary/aromatic N) is 4. The molecular formula is C25H28N4O5S. The van der Waals surface area contributed by atoms with Crippen molar-refractivity contribution in [3.63, 3.8) is 0 Å². The van der Waals surface area contributed by atoms with Crippen LogP contribution < -0.4 is 18.9 Å². The van der Waals surface area contributed by atoms with Crippen molar-refractivity contribution in [3.05, 3.63) is 66.5 Å². The first-order valence-electron chi connectivity index (χ1n) is 11.0. The van der Waals surface area contributed by atoms with E-state index in [1.165, 1.54) is 11.8 Å². The van der Waals surface area contributed by atoms with Crippen molar-refractivity contribution in [1.82, 2.24) is 19.7 Å². The standard InChI is InChI=1S/C25H28N4O5S/c1-5-13-29-24(21-15-33-18-10-6-7-11-19(18)34-21)26-27-25(29)35-16-22(30)28(2)14-17-9-8-12-20(31-3)23(17)32-4/h5-12,21H,1,13-16H2,2-4H3. The molecule has 1 amide bonds. The van der Waals surface area contributed by atoms with Gasteiger partial charge in [-0.2, -0.15) is 0 Å². The molecule has 4 rings (SSSR count). The SMILES string of the molecule is C=CCn1c(SCC(=O)N(C)Cc2cccc(OC)c2OC)nnc1C1COc2ccccc2O1. The molecule has 0 saturated carbocycles. The summed E-state index contributed by atoms with van der Waals surface area (Å²) in [7, 11) is 4.93. The molecule has 1 aliphatic heterocycles. The average Bonchev–Trinajstić information content (AvgIpc) is 3.29. The molecule has 0 fully saturated rings. The van der Waals surface area contributed by atoms with Gasteiger partial charge in [-0.05, 0) is 18.2 Å². The van der Waals surface area contributed by atoms with Crippen LogP contribution in [0.2, 0.25) is 0 Å². The number of hydrogen-bond acceptors (Lipinski definition) is 8. The Morgan fingerprint density at radius 3 is 2.74 bits per heavy atom. The fraction of sp³-hybridized carbons (Fsp3) is 0.320. The van der Waals surface area contributed by atoms with Gasteiger partial charge in [0.25, 0.3) is 0 Å². The smallest absolute Gasteiger partial charge is 0.233 e. The Hall–Kier alpha value is -3.66. The Morgan fingerprint density at radius 1 is 1.20 bits per heavy atom. The van der Waals surface area contributed by atoms with Crippen molar-refractivity contribution < 1.29 is 23.7 Å². The van der Waals surface area contributed by atoms with Crippen molar-refractivity contribution in [2.75, 3.05) is 33.6 Å². The summed E-state index contributed by atoms with van der Waals surface area (Å²) in [6.07, 6.45) is 1.35. The van der Waals surface area contributed by atoms with Gasteiger partial charge in [0.2, 0.25) is 5.91 Å². The second-order valence-electron chi connectivity index (χ2n) is 7.80. The van der Waals surface area contributed by atoms with E-state index in [1.54, 1.807) is 32.2 Å². The monoisotopic (exact) mass is 496 g/mol. The maximum Gasteiger partial charge on any atom is 0.233 e. The molecule has 35 heavy (non-hydrogen) atoms. The summed E-state index contributed by atoms with van der Waals surface area (Å²) >= 11 is 1.32. The van der Waals surface area contributed by atoms with Crippen molar-refractivity contribution in [3.8, 4) is 23.0 Å². The van der Waals surface area contributed by atoms with Crippen molar-refractivity contribution in [1.29, 1.82) is 0 Å². The van der Waals surface area contributed by atoms with Crippen LogP contribution in [0.1, 0.15) is 17.5 Å². The van der Waals surface area contributed by atoms with E-state index in [9.17, 15) is 4.79 Å². The molecule has 0 radical (unpaired) electrons. The molecule has 1 aliphatic rings. The van der Waals surface area contributed by atoms with Gasteiger partial charge in [0.15, 0.2) is 40.1 Å². The molecular weight excluding hydrogens is 468 g/mol. The van der Waals surface area contributed by atoms with Crippen LogP contribution >= 0.6 is 11.8 Å². The second kappa shape index (κ2) is 11.2. The number of aromatic nitrogens is 3. The molecule has 10 heteroatoms. The lowest BCUT2D eigenvalue weighted by Crippen LogP contribution is -2.28. The number of fused-ring (bicyclic) bond motifs is 1. The number of carbonyl (C=O) groups excluding carboxylic acids is 1. The predicted octanol–water partition coefficient (Wildman–Crippen LogP) is 3.74. The zero-order valence-corrected chi connectivity index (χ0v) is 20.8. The van der Waals surface area contributed by atoms with Crippen LogP contribution in [0.3, 0.4) is 0 Å². The zero-order valence-electron chi connectivity index (χ0n) is 20.0. The van der Waals surface area contributed by atoms with Crippen molar-refractivity contribution in [2.24, 2.45) is 0 Å². The van der Waals surface area contributed by atoms with E-state index in [0.717, 1.165) is 5.56 Å². The summed E-state index contributed by atoms with van der Waals surface area (Å²) in [6.45, 7) is 5.03. The number of allylic oxidation sites excluding steroid dienone is 1. The van der Waals surface area contributed by atoms with Crippen LogP contribution in [-0.4, -0.2) is 59.2 Å². The van der Waals surface area contributed by atoms with Crippen LogP contribution in [0, 0.1) is 0 Å². The number of para-hydroxylation sites is 3. The average molecular weight is 497 g/mol. The molecule has 9 nitrogen and oxygen atoms in total. The van der Waals surface area contributed by atoms with E-state index in [2.05, 4.69) is 16.8 Å². The second-order valence-corrected chi connectivity index (χ2v) is 8.74. The van der Waals surface area contributed by atoms with Crippen molar-refractivity contribution >= 4 is 17.7 Å². The van der Waals surface area contributed by atoms with Crippen LogP contribution in [0.4, 0.5) is 0 Å². The fourth-order valence-corrected chi connectivity index (χ4v) is 4.65. The van der Waals surface area contributed by atoms with Gasteiger partial charge in [-0.1, -0.05) is 42.1 Å². The van der Waals surface area contributed by atoms with Crippen LogP contribution in [0.25, 0.3) is 0 Å². The first-order chi connectivity index (χ1) is 17.0. The highest BCUT2D eigenvalue weighted by atomic mass is 32.2. The Kier molecular flexibility index (Phi) is 7.81. The molecule has 1 aromatic heterocycles. The molecule has 1 unspecified atom stereocenters. The lowest BCUT2D eigenvalue weighted by Gasteiger charge is -2.26. The largest absolute Gasteiger partial charge is 0.493 e. The summed E-state index contributed by atoms with van der Waals surface area (Å²) in [5.41, 5.74) is 0.861. The van der Waals surface area contributed by atoms with Gasteiger partial charge in [0.1, 0.15) is 6.61 Å². The molecule has 2 heterocycles. The van der Waals surface area contributed by atoms with Gasteiger partial charge in [-0.15, -0.1) is 16.8 Å². The number of hydrogen-bond donors (Lipinski definition) is 0. The van der Waals surface area contributed by atoms with E-state index in [1.807, 2.05) is 47.0 Å². The van der Waals surface area contributed by atoms with Gasteiger partial charge in [0.05, 0.1) is 20.0 Å². The van der Waals surface area contributed by atoms with E-state index in [4.69, 9.17) is 18.9 Å².